The van der Waals surface area contributed by atoms with Gasteiger partial charge in [-0.05, 0) is 122 Å². The van der Waals surface area contributed by atoms with Crippen LogP contribution in [0.15, 0.2) is 206 Å². The number of nitrogens with zero attached hydrogens (tertiary/aromatic N) is 2. The summed E-state index contributed by atoms with van der Waals surface area (Å²) in [7, 11) is 0. The molecule has 0 saturated heterocycles. The molecule has 0 unspecified atom stereocenters. The number of benzene rings is 9. The van der Waals surface area contributed by atoms with E-state index in [0.717, 1.165) is 38.5 Å². The molecule has 2 aliphatic heterocycles. The average molecular weight is 893 g/mol. The van der Waals surface area contributed by atoms with Gasteiger partial charge in [-0.2, -0.15) is 0 Å². The van der Waals surface area contributed by atoms with Crippen molar-refractivity contribution in [3.05, 3.63) is 223 Å². The third kappa shape index (κ3) is 8.08. The van der Waals surface area contributed by atoms with Gasteiger partial charge < -0.3 is 9.80 Å². The molecule has 0 aliphatic carbocycles. The van der Waals surface area contributed by atoms with Gasteiger partial charge in [0.05, 0.1) is 11.4 Å². The summed E-state index contributed by atoms with van der Waals surface area (Å²) in [6.45, 7) is 11.7. The van der Waals surface area contributed by atoms with Crippen molar-refractivity contribution in [2.45, 2.75) is 78.6 Å². The van der Waals surface area contributed by atoms with Crippen LogP contribution in [0, 0.1) is 0 Å². The maximum absolute atomic E-state index is 2.72. The van der Waals surface area contributed by atoms with E-state index >= 15 is 0 Å². The Morgan fingerprint density at radius 3 is 1.20 bits per heavy atom. The van der Waals surface area contributed by atoms with Gasteiger partial charge in [-0.1, -0.05) is 229 Å². The standard InChI is InChI=1S/C66H61BN2/c1-6-8-24-52-42-54(66(3,4)5)43-53(25-9-7-2)64(52)68-59-40-38-50(46-26-14-10-15-27-46)44-57(59)67-58-45-51(47-28-16-11-17-29-47)39-41-60(58)69(62-37-23-36-61(68)63(62)67)65-55(48-30-18-12-19-31-48)34-22-35-56(65)49-32-20-13-21-33-49/h10-23,26-45H,6-9,24-25H2,1-5H3. The second-order valence-corrected chi connectivity index (χ2v) is 20.1. The summed E-state index contributed by atoms with van der Waals surface area (Å²) >= 11 is 0. The summed E-state index contributed by atoms with van der Waals surface area (Å²) in [6, 6.07) is 77.7. The van der Waals surface area contributed by atoms with E-state index in [9.17, 15) is 0 Å². The van der Waals surface area contributed by atoms with Crippen molar-refractivity contribution in [3.63, 3.8) is 0 Å². The van der Waals surface area contributed by atoms with Crippen molar-refractivity contribution >= 4 is 57.2 Å². The molecule has 0 atom stereocenters. The number of rotatable bonds is 12. The number of hydrogen-bond acceptors (Lipinski definition) is 2. The molecule has 9 aromatic carbocycles. The number of unbranched alkanes of at least 4 members (excludes halogenated alkanes) is 2. The van der Waals surface area contributed by atoms with E-state index < -0.39 is 0 Å². The lowest BCUT2D eigenvalue weighted by Crippen LogP contribution is -2.61. The quantitative estimate of drug-likeness (QED) is 0.113. The SMILES string of the molecule is CCCCc1cc(C(C)(C)C)cc(CCCC)c1N1c2ccc(-c3ccccc3)cc2B2c3cc(-c4ccccc4)ccc3N(c3c(-c4ccccc4)cccc3-c3ccccc3)c3cccc1c32. The maximum atomic E-state index is 2.72. The van der Waals surface area contributed by atoms with Crippen LogP contribution in [0.2, 0.25) is 0 Å². The van der Waals surface area contributed by atoms with E-state index in [-0.39, 0.29) is 12.1 Å². The van der Waals surface area contributed by atoms with E-state index in [1.54, 1.807) is 0 Å². The highest BCUT2D eigenvalue weighted by atomic mass is 15.2. The molecule has 3 heteroatoms. The van der Waals surface area contributed by atoms with Crippen molar-refractivity contribution in [3.8, 4) is 44.5 Å². The largest absolute Gasteiger partial charge is 0.311 e. The summed E-state index contributed by atoms with van der Waals surface area (Å²) in [4.78, 5) is 5.35. The number of para-hydroxylation sites is 1. The molecular formula is C66H61BN2. The van der Waals surface area contributed by atoms with Crippen LogP contribution < -0.4 is 26.2 Å². The normalized spacial score (nSPS) is 12.7. The van der Waals surface area contributed by atoms with Gasteiger partial charge in [0.1, 0.15) is 0 Å². The lowest BCUT2D eigenvalue weighted by molar-refractivity contribution is 0.587. The first-order valence-electron chi connectivity index (χ1n) is 25.3. The predicted octanol–water partition coefficient (Wildman–Crippen LogP) is 16.4. The van der Waals surface area contributed by atoms with Crippen LogP contribution in [0.3, 0.4) is 0 Å². The van der Waals surface area contributed by atoms with Crippen molar-refractivity contribution < 1.29 is 0 Å². The lowest BCUT2D eigenvalue weighted by Gasteiger charge is -2.46. The van der Waals surface area contributed by atoms with E-state index in [1.807, 2.05) is 0 Å². The number of aryl methyl sites for hydroxylation is 2. The van der Waals surface area contributed by atoms with Crippen LogP contribution in [0.25, 0.3) is 44.5 Å². The van der Waals surface area contributed by atoms with Gasteiger partial charge in [-0.15, -0.1) is 0 Å². The van der Waals surface area contributed by atoms with Gasteiger partial charge in [0.2, 0.25) is 0 Å². The molecule has 0 aromatic heterocycles. The second-order valence-electron chi connectivity index (χ2n) is 20.1. The molecule has 2 heterocycles. The number of hydrogen-bond donors (Lipinski definition) is 0. The fourth-order valence-corrected chi connectivity index (χ4v) is 11.1. The molecule has 2 nitrogen and oxygen atoms in total. The first kappa shape index (κ1) is 44.2. The van der Waals surface area contributed by atoms with Gasteiger partial charge in [-0.25, -0.2) is 0 Å². The van der Waals surface area contributed by atoms with Crippen LogP contribution in [-0.4, -0.2) is 6.71 Å². The lowest BCUT2D eigenvalue weighted by atomic mass is 9.33. The molecule has 0 saturated carbocycles. The molecule has 69 heavy (non-hydrogen) atoms. The Balaban J connectivity index is 1.27. The molecule has 2 aliphatic rings. The minimum Gasteiger partial charge on any atom is -0.311 e. The van der Waals surface area contributed by atoms with Crippen molar-refractivity contribution in [1.82, 2.24) is 0 Å². The van der Waals surface area contributed by atoms with Crippen LogP contribution in [0.1, 0.15) is 77.0 Å². The van der Waals surface area contributed by atoms with Gasteiger partial charge in [0, 0.05) is 33.9 Å². The average Bonchev–Trinajstić information content (AvgIpc) is 3.40. The molecule has 0 amide bonds. The van der Waals surface area contributed by atoms with Gasteiger partial charge in [0.15, 0.2) is 0 Å². The first-order valence-corrected chi connectivity index (χ1v) is 25.3. The molecule has 338 valence electrons. The van der Waals surface area contributed by atoms with Crippen LogP contribution in [-0.2, 0) is 18.3 Å². The van der Waals surface area contributed by atoms with Crippen LogP contribution in [0.4, 0.5) is 34.1 Å². The zero-order valence-corrected chi connectivity index (χ0v) is 40.8. The second kappa shape index (κ2) is 18.6. The third-order valence-electron chi connectivity index (χ3n) is 14.6. The Morgan fingerprint density at radius 2 is 0.783 bits per heavy atom. The van der Waals surface area contributed by atoms with Gasteiger partial charge >= 0.3 is 0 Å². The minimum atomic E-state index is -0.0443. The Kier molecular flexibility index (Phi) is 11.9. The summed E-state index contributed by atoms with van der Waals surface area (Å²) in [5.41, 5.74) is 25.5. The Bertz CT molecular complexity index is 3190. The van der Waals surface area contributed by atoms with Crippen molar-refractivity contribution in [2.24, 2.45) is 0 Å². The minimum absolute atomic E-state index is 0.0190. The summed E-state index contributed by atoms with van der Waals surface area (Å²) in [5.74, 6) is 0. The molecule has 9 aromatic rings. The van der Waals surface area contributed by atoms with Crippen molar-refractivity contribution in [2.75, 3.05) is 9.80 Å². The molecule has 0 bridgehead atoms. The van der Waals surface area contributed by atoms with E-state index in [4.69, 9.17) is 0 Å². The zero-order valence-electron chi connectivity index (χ0n) is 40.8. The van der Waals surface area contributed by atoms with E-state index in [2.05, 4.69) is 251 Å². The van der Waals surface area contributed by atoms with Gasteiger partial charge in [0.25, 0.3) is 6.71 Å². The highest BCUT2D eigenvalue weighted by molar-refractivity contribution is 7.00. The first-order chi connectivity index (χ1) is 33.8. The molecule has 0 radical (unpaired) electrons. The summed E-state index contributed by atoms with van der Waals surface area (Å²) < 4.78 is 0. The third-order valence-corrected chi connectivity index (χ3v) is 14.6. The Morgan fingerprint density at radius 1 is 0.377 bits per heavy atom. The number of anilines is 6. The summed E-state index contributed by atoms with van der Waals surface area (Å²) in [6.07, 6.45) is 6.62. The van der Waals surface area contributed by atoms with E-state index in [1.165, 1.54) is 112 Å². The molecule has 0 N–H and O–H groups in total. The van der Waals surface area contributed by atoms with Crippen LogP contribution >= 0.6 is 0 Å². The predicted molar refractivity (Wildman–Crippen MR) is 298 cm³/mol. The maximum Gasteiger partial charge on any atom is 0.252 e. The zero-order chi connectivity index (χ0) is 47.1. The summed E-state index contributed by atoms with van der Waals surface area (Å²) in [5, 5.41) is 0. The van der Waals surface area contributed by atoms with Gasteiger partial charge in [-0.3, -0.25) is 0 Å². The molecule has 0 fully saturated rings. The molecule has 0 spiro atoms. The number of fused-ring (bicyclic) bond motifs is 4. The monoisotopic (exact) mass is 892 g/mol. The highest BCUT2D eigenvalue weighted by Crippen LogP contribution is 2.51. The molecular weight excluding hydrogens is 832 g/mol. The molecule has 11 rings (SSSR count). The Labute approximate surface area is 411 Å². The topological polar surface area (TPSA) is 6.48 Å². The van der Waals surface area contributed by atoms with Crippen LogP contribution in [0.5, 0.6) is 0 Å². The van der Waals surface area contributed by atoms with Crippen molar-refractivity contribution in [1.29, 1.82) is 0 Å². The fraction of sp³-hybridized carbons (Fsp3) is 0.182. The fourth-order valence-electron chi connectivity index (χ4n) is 11.1. The smallest absolute Gasteiger partial charge is 0.252 e. The highest BCUT2D eigenvalue weighted by Gasteiger charge is 2.45. The Hall–Kier alpha value is -7.36. The van der Waals surface area contributed by atoms with E-state index in [0.29, 0.717) is 0 Å².